The van der Waals surface area contributed by atoms with Crippen LogP contribution in [0.15, 0.2) is 96.6 Å². The highest BCUT2D eigenvalue weighted by Gasteiger charge is 2.43. The fraction of sp³-hybridized carbons (Fsp3) is 0.118. The topological polar surface area (TPSA) is 105 Å². The molecule has 9 nitrogen and oxygen atoms in total. The van der Waals surface area contributed by atoms with Gasteiger partial charge in [0.2, 0.25) is 0 Å². The summed E-state index contributed by atoms with van der Waals surface area (Å²) < 4.78 is 11.2. The van der Waals surface area contributed by atoms with Crippen molar-refractivity contribution in [3.8, 4) is 11.5 Å². The first-order chi connectivity index (χ1) is 21.2. The van der Waals surface area contributed by atoms with Crippen molar-refractivity contribution in [3.63, 3.8) is 0 Å². The van der Waals surface area contributed by atoms with Crippen molar-refractivity contribution in [3.05, 3.63) is 118 Å². The predicted octanol–water partition coefficient (Wildman–Crippen LogP) is 6.57. The lowest BCUT2D eigenvalue weighted by Gasteiger charge is -2.34. The minimum absolute atomic E-state index is 0.0855. The van der Waals surface area contributed by atoms with Gasteiger partial charge < -0.3 is 14.8 Å². The van der Waals surface area contributed by atoms with E-state index in [1.165, 1.54) is 25.3 Å². The van der Waals surface area contributed by atoms with Gasteiger partial charge in [-0.05, 0) is 79.1 Å². The molecular weight excluding hydrogens is 582 g/mol. The monoisotopic (exact) mass is 609 g/mol. The number of para-hydroxylation sites is 2. The standard InChI is InChI=1S/C34H28ClN3O6/c1-21-14-15-22(2)28(16-21)36-30(39)20-44-31-27(35)18-23(19-29(31)43-3)17-26-32(40)37(24-10-6-4-7-11-24)34(42)38(33(26)41)25-12-8-5-9-13-25/h4-19H,20H2,1-3H3,(H,36,39). The highest BCUT2D eigenvalue weighted by molar-refractivity contribution is 6.46. The molecule has 1 saturated heterocycles. The number of methoxy groups -OCH3 is 1. The normalized spacial score (nSPS) is 13.2. The summed E-state index contributed by atoms with van der Waals surface area (Å²) in [6, 6.07) is 24.6. The van der Waals surface area contributed by atoms with Crippen molar-refractivity contribution < 1.29 is 28.7 Å². The zero-order valence-corrected chi connectivity index (χ0v) is 24.9. The zero-order chi connectivity index (χ0) is 31.4. The highest BCUT2D eigenvalue weighted by atomic mass is 35.5. The van der Waals surface area contributed by atoms with Gasteiger partial charge in [0.05, 0.1) is 23.5 Å². The molecule has 0 aliphatic carbocycles. The smallest absolute Gasteiger partial charge is 0.343 e. The van der Waals surface area contributed by atoms with E-state index in [2.05, 4.69) is 5.32 Å². The molecule has 0 radical (unpaired) electrons. The molecule has 4 aromatic rings. The van der Waals surface area contributed by atoms with Crippen molar-refractivity contribution in [1.29, 1.82) is 0 Å². The third-order valence-corrected chi connectivity index (χ3v) is 7.14. The number of amides is 5. The van der Waals surface area contributed by atoms with Crippen molar-refractivity contribution in [2.24, 2.45) is 0 Å². The van der Waals surface area contributed by atoms with E-state index in [0.29, 0.717) is 22.6 Å². The van der Waals surface area contributed by atoms with Gasteiger partial charge in [0.15, 0.2) is 18.1 Å². The zero-order valence-electron chi connectivity index (χ0n) is 24.2. The number of carbonyl (C=O) groups excluding carboxylic acids is 4. The molecule has 44 heavy (non-hydrogen) atoms. The Balaban J connectivity index is 1.46. The Morgan fingerprint density at radius 3 is 2.00 bits per heavy atom. The van der Waals surface area contributed by atoms with Gasteiger partial charge in [0.1, 0.15) is 5.57 Å². The number of benzene rings is 4. The summed E-state index contributed by atoms with van der Waals surface area (Å²) in [4.78, 5) is 55.4. The number of rotatable bonds is 8. The number of hydrogen-bond acceptors (Lipinski definition) is 6. The van der Waals surface area contributed by atoms with Crippen LogP contribution in [0.2, 0.25) is 5.02 Å². The SMILES string of the molecule is COc1cc(C=C2C(=O)N(c3ccccc3)C(=O)N(c3ccccc3)C2=O)cc(Cl)c1OCC(=O)Nc1cc(C)ccc1C. The molecule has 0 unspecified atom stereocenters. The molecule has 222 valence electrons. The second-order valence-corrected chi connectivity index (χ2v) is 10.4. The van der Waals surface area contributed by atoms with Crippen LogP contribution >= 0.6 is 11.6 Å². The largest absolute Gasteiger partial charge is 0.493 e. The minimum Gasteiger partial charge on any atom is -0.493 e. The lowest BCUT2D eigenvalue weighted by Crippen LogP contribution is -2.57. The summed E-state index contributed by atoms with van der Waals surface area (Å²) in [5.74, 6) is -1.70. The number of aryl methyl sites for hydroxylation is 2. The van der Waals surface area contributed by atoms with Gasteiger partial charge in [-0.15, -0.1) is 0 Å². The number of nitrogens with one attached hydrogen (secondary N) is 1. The number of halogens is 1. The lowest BCUT2D eigenvalue weighted by molar-refractivity contribution is -0.121. The Morgan fingerprint density at radius 1 is 0.841 bits per heavy atom. The second-order valence-electron chi connectivity index (χ2n) is 9.98. The number of ether oxygens (including phenoxy) is 2. The van der Waals surface area contributed by atoms with Gasteiger partial charge in [-0.3, -0.25) is 14.4 Å². The van der Waals surface area contributed by atoms with E-state index in [4.69, 9.17) is 21.1 Å². The van der Waals surface area contributed by atoms with E-state index in [9.17, 15) is 19.2 Å². The van der Waals surface area contributed by atoms with E-state index in [1.807, 2.05) is 32.0 Å². The average molecular weight is 610 g/mol. The Kier molecular flexibility index (Phi) is 8.78. The number of carbonyl (C=O) groups is 4. The van der Waals surface area contributed by atoms with Crippen LogP contribution in [-0.2, 0) is 14.4 Å². The molecule has 1 aliphatic heterocycles. The predicted molar refractivity (Wildman–Crippen MR) is 169 cm³/mol. The number of nitrogens with zero attached hydrogens (tertiary/aromatic N) is 2. The van der Waals surface area contributed by atoms with Crippen LogP contribution in [0.1, 0.15) is 16.7 Å². The third-order valence-electron chi connectivity index (χ3n) is 6.86. The van der Waals surface area contributed by atoms with Gasteiger partial charge in [0.25, 0.3) is 17.7 Å². The number of anilines is 3. The Hall–Kier alpha value is -5.41. The summed E-state index contributed by atoms with van der Waals surface area (Å²) in [7, 11) is 1.40. The first-order valence-electron chi connectivity index (χ1n) is 13.6. The fourth-order valence-corrected chi connectivity index (χ4v) is 4.94. The average Bonchev–Trinajstić information content (AvgIpc) is 3.01. The molecule has 5 rings (SSSR count). The quantitative estimate of drug-likeness (QED) is 0.179. The van der Waals surface area contributed by atoms with Gasteiger partial charge in [0, 0.05) is 5.69 Å². The van der Waals surface area contributed by atoms with Crippen LogP contribution in [0.5, 0.6) is 11.5 Å². The van der Waals surface area contributed by atoms with E-state index < -0.39 is 23.8 Å². The molecule has 4 aromatic carbocycles. The maximum atomic E-state index is 13.7. The summed E-state index contributed by atoms with van der Waals surface area (Å²) in [6.07, 6.45) is 1.34. The first kappa shape index (κ1) is 30.1. The van der Waals surface area contributed by atoms with Crippen LogP contribution in [0.3, 0.4) is 0 Å². The number of hydrogen-bond donors (Lipinski definition) is 1. The molecule has 0 bridgehead atoms. The van der Waals surface area contributed by atoms with Crippen molar-refractivity contribution in [1.82, 2.24) is 0 Å². The molecule has 1 aliphatic rings. The van der Waals surface area contributed by atoms with E-state index in [1.54, 1.807) is 60.7 Å². The number of urea groups is 1. The lowest BCUT2D eigenvalue weighted by atomic mass is 10.0. The molecule has 1 heterocycles. The molecular formula is C34H28ClN3O6. The third kappa shape index (κ3) is 6.18. The molecule has 0 atom stereocenters. The molecule has 1 N–H and O–H groups in total. The van der Waals surface area contributed by atoms with Gasteiger partial charge in [-0.2, -0.15) is 0 Å². The van der Waals surface area contributed by atoms with Crippen LogP contribution < -0.4 is 24.6 Å². The molecule has 10 heteroatoms. The second kappa shape index (κ2) is 12.8. The molecule has 1 fully saturated rings. The molecule has 0 aromatic heterocycles. The van der Waals surface area contributed by atoms with Gasteiger partial charge in [-0.1, -0.05) is 60.1 Å². The van der Waals surface area contributed by atoms with E-state index >= 15 is 0 Å². The van der Waals surface area contributed by atoms with Crippen molar-refractivity contribution >= 4 is 58.5 Å². The Bertz CT molecular complexity index is 1730. The van der Waals surface area contributed by atoms with E-state index in [-0.39, 0.29) is 28.7 Å². The van der Waals surface area contributed by atoms with Crippen LogP contribution in [0.4, 0.5) is 21.9 Å². The van der Waals surface area contributed by atoms with Crippen molar-refractivity contribution in [2.45, 2.75) is 13.8 Å². The van der Waals surface area contributed by atoms with Crippen molar-refractivity contribution in [2.75, 3.05) is 28.8 Å². The highest BCUT2D eigenvalue weighted by Crippen LogP contribution is 2.38. The van der Waals surface area contributed by atoms with Crippen LogP contribution in [0, 0.1) is 13.8 Å². The van der Waals surface area contributed by atoms with Gasteiger partial charge in [-0.25, -0.2) is 14.6 Å². The summed E-state index contributed by atoms with van der Waals surface area (Å²) in [5.41, 5.74) is 3.26. The van der Waals surface area contributed by atoms with Gasteiger partial charge >= 0.3 is 6.03 Å². The maximum absolute atomic E-state index is 13.7. The minimum atomic E-state index is -0.798. The Morgan fingerprint density at radius 2 is 1.43 bits per heavy atom. The van der Waals surface area contributed by atoms with Crippen LogP contribution in [-0.4, -0.2) is 37.5 Å². The summed E-state index contributed by atoms with van der Waals surface area (Å²) in [6.45, 7) is 3.47. The molecule has 5 amide bonds. The summed E-state index contributed by atoms with van der Waals surface area (Å²) in [5, 5.41) is 2.91. The first-order valence-corrected chi connectivity index (χ1v) is 14.0. The Labute approximate surface area is 259 Å². The molecule has 0 saturated carbocycles. The maximum Gasteiger partial charge on any atom is 0.343 e. The fourth-order valence-electron chi connectivity index (χ4n) is 4.66. The number of imide groups is 2. The number of barbiturate groups is 1. The van der Waals surface area contributed by atoms with Crippen LogP contribution in [0.25, 0.3) is 6.08 Å². The summed E-state index contributed by atoms with van der Waals surface area (Å²) >= 11 is 6.55. The molecule has 0 spiro atoms. The van der Waals surface area contributed by atoms with E-state index in [0.717, 1.165) is 20.9 Å².